The molecule has 0 rings (SSSR count). The van der Waals surface area contributed by atoms with Gasteiger partial charge in [-0.2, -0.15) is 0 Å². The molecule has 0 aliphatic rings. The molecule has 0 saturated heterocycles. The highest BCUT2D eigenvalue weighted by Gasteiger charge is 1.95. The first kappa shape index (κ1) is 5.15. The minimum Gasteiger partial charge on any atom is -1.00 e. The van der Waals surface area contributed by atoms with Crippen LogP contribution in [0.15, 0.2) is 0 Å². The van der Waals surface area contributed by atoms with Gasteiger partial charge < -0.3 is 1.43 Å². The summed E-state index contributed by atoms with van der Waals surface area (Å²) in [5, 5.41) is 0. The second-order valence-corrected chi connectivity index (χ2v) is 5.17. The van der Waals surface area contributed by atoms with Crippen LogP contribution in [0.4, 0.5) is 0 Å². The molecule has 0 amide bonds. The van der Waals surface area contributed by atoms with E-state index in [9.17, 15) is 4.21 Å². The van der Waals surface area contributed by atoms with E-state index in [-0.39, 0.29) is 1.43 Å². The molecule has 0 bridgehead atoms. The van der Waals surface area contributed by atoms with Crippen LogP contribution in [-0.2, 0) is 14.1 Å². The van der Waals surface area contributed by atoms with Crippen molar-refractivity contribution in [1.82, 2.24) is 0 Å². The maximum atomic E-state index is 10.2. The third-order valence-corrected chi connectivity index (χ3v) is 0. The number of hydrogen-bond acceptors (Lipinski definition) is 1. The fourth-order valence-corrected chi connectivity index (χ4v) is 0. The monoisotopic (exact) mass is 94.0 g/mol. The first-order chi connectivity index (χ1) is 2.00. The van der Waals surface area contributed by atoms with E-state index in [0.717, 1.165) is 0 Å². The van der Waals surface area contributed by atoms with Crippen LogP contribution in [0.25, 0.3) is 0 Å². The third-order valence-electron chi connectivity index (χ3n) is 0. The Balaban J connectivity index is 0. The zero-order valence-corrected chi connectivity index (χ0v) is 4.63. The van der Waals surface area contributed by atoms with E-state index in [4.69, 9.17) is 0 Å². The van der Waals surface area contributed by atoms with Crippen molar-refractivity contribution in [3.63, 3.8) is 0 Å². The van der Waals surface area contributed by atoms with Crippen molar-refractivity contribution in [3.05, 3.63) is 0 Å². The van der Waals surface area contributed by atoms with E-state index in [0.29, 0.717) is 0 Å². The highest BCUT2D eigenvalue weighted by molar-refractivity contribution is 8.00. The predicted octanol–water partition coefficient (Wildman–Crippen LogP) is 0.488. The fourth-order valence-electron chi connectivity index (χ4n) is 0. The molecule has 5 heavy (non-hydrogen) atoms. The van der Waals surface area contributed by atoms with Gasteiger partial charge in [-0.05, 0) is 0 Å². The summed E-state index contributed by atoms with van der Waals surface area (Å²) in [5.74, 6) is 0. The SMILES string of the molecule is C[S+](C)(C)=O.[H-]. The Labute approximate surface area is 35.3 Å². The van der Waals surface area contributed by atoms with Gasteiger partial charge in [0.05, 0.1) is 9.93 Å². The number of hydrogen-bond donors (Lipinski definition) is 0. The first-order valence-corrected chi connectivity index (χ1v) is 4.17. The van der Waals surface area contributed by atoms with Gasteiger partial charge in [0, 0.05) is 0 Å². The van der Waals surface area contributed by atoms with Gasteiger partial charge in [0.1, 0.15) is 18.8 Å². The Morgan fingerprint density at radius 1 is 1.40 bits per heavy atom. The molecule has 0 aliphatic carbocycles. The zero-order chi connectivity index (χ0) is 4.50. The van der Waals surface area contributed by atoms with Gasteiger partial charge in [-0.1, -0.05) is 0 Å². The molecule has 0 radical (unpaired) electrons. The van der Waals surface area contributed by atoms with Crippen LogP contribution in [0.3, 0.4) is 0 Å². The molecular formula is C3H10OS. The molecule has 0 saturated carbocycles. The Morgan fingerprint density at radius 2 is 1.40 bits per heavy atom. The van der Waals surface area contributed by atoms with E-state index >= 15 is 0 Å². The fraction of sp³-hybridized carbons (Fsp3) is 1.00. The molecule has 2 heteroatoms. The largest absolute Gasteiger partial charge is 1.00 e. The zero-order valence-electron chi connectivity index (χ0n) is 4.82. The van der Waals surface area contributed by atoms with Gasteiger partial charge in [-0.3, -0.25) is 0 Å². The summed E-state index contributed by atoms with van der Waals surface area (Å²) in [7, 11) is -1.42. The second-order valence-electron chi connectivity index (χ2n) is 1.72. The average Bonchev–Trinajstić information content (AvgIpc) is 0.722. The molecule has 34 valence electrons. The smallest absolute Gasteiger partial charge is 0.101 e. The first-order valence-electron chi connectivity index (χ1n) is 1.39. The summed E-state index contributed by atoms with van der Waals surface area (Å²) in [5.41, 5.74) is 0. The minimum atomic E-state index is -1.42. The third kappa shape index (κ3) is 853. The van der Waals surface area contributed by atoms with Gasteiger partial charge in [0.15, 0.2) is 0 Å². The van der Waals surface area contributed by atoms with Crippen molar-refractivity contribution in [3.8, 4) is 0 Å². The van der Waals surface area contributed by atoms with Gasteiger partial charge in [0.25, 0.3) is 0 Å². The molecule has 0 aromatic heterocycles. The lowest BCUT2D eigenvalue weighted by molar-refractivity contribution is 0.594. The van der Waals surface area contributed by atoms with Crippen molar-refractivity contribution >= 4 is 9.93 Å². The summed E-state index contributed by atoms with van der Waals surface area (Å²) in [4.78, 5) is 0. The summed E-state index contributed by atoms with van der Waals surface area (Å²) >= 11 is 0. The predicted molar refractivity (Wildman–Crippen MR) is 26.9 cm³/mol. The van der Waals surface area contributed by atoms with Crippen LogP contribution in [0.2, 0.25) is 0 Å². The second kappa shape index (κ2) is 1.09. The lowest BCUT2D eigenvalue weighted by Crippen LogP contribution is -1.97. The Kier molecular flexibility index (Phi) is 1.12. The maximum absolute atomic E-state index is 10.2. The van der Waals surface area contributed by atoms with E-state index in [2.05, 4.69) is 0 Å². The van der Waals surface area contributed by atoms with Crippen LogP contribution in [0.5, 0.6) is 0 Å². The van der Waals surface area contributed by atoms with Gasteiger partial charge >= 0.3 is 0 Å². The molecule has 0 aromatic carbocycles. The van der Waals surface area contributed by atoms with E-state index in [1.165, 1.54) is 0 Å². The molecule has 1 nitrogen and oxygen atoms in total. The number of rotatable bonds is 0. The van der Waals surface area contributed by atoms with Crippen molar-refractivity contribution in [2.75, 3.05) is 18.8 Å². The summed E-state index contributed by atoms with van der Waals surface area (Å²) < 4.78 is 10.2. The lowest BCUT2D eigenvalue weighted by Gasteiger charge is -1.80. The van der Waals surface area contributed by atoms with Gasteiger partial charge in [0.2, 0.25) is 0 Å². The van der Waals surface area contributed by atoms with Crippen LogP contribution in [0.1, 0.15) is 1.43 Å². The van der Waals surface area contributed by atoms with Crippen LogP contribution in [0, 0.1) is 0 Å². The minimum absolute atomic E-state index is 0. The molecule has 0 unspecified atom stereocenters. The topological polar surface area (TPSA) is 17.1 Å². The van der Waals surface area contributed by atoms with E-state index in [1.807, 2.05) is 0 Å². The van der Waals surface area contributed by atoms with Gasteiger partial charge in [-0.15, -0.1) is 4.21 Å². The molecule has 0 aromatic rings. The van der Waals surface area contributed by atoms with E-state index in [1.54, 1.807) is 18.8 Å². The summed E-state index contributed by atoms with van der Waals surface area (Å²) in [6.07, 6.45) is 5.15. The molecular weight excluding hydrogens is 84.1 g/mol. The lowest BCUT2D eigenvalue weighted by atomic mass is 11.9. The Morgan fingerprint density at radius 3 is 1.40 bits per heavy atom. The molecule has 0 atom stereocenters. The van der Waals surface area contributed by atoms with Crippen molar-refractivity contribution in [2.24, 2.45) is 0 Å². The summed E-state index contributed by atoms with van der Waals surface area (Å²) in [6, 6.07) is 0. The Hall–Kier alpha value is 0.150. The van der Waals surface area contributed by atoms with Crippen molar-refractivity contribution in [1.29, 1.82) is 0 Å². The molecule has 0 N–H and O–H groups in total. The highest BCUT2D eigenvalue weighted by Crippen LogP contribution is 1.78. The molecule has 0 fully saturated rings. The molecule has 0 spiro atoms. The quantitative estimate of drug-likeness (QED) is 0.399. The van der Waals surface area contributed by atoms with E-state index < -0.39 is 9.93 Å². The van der Waals surface area contributed by atoms with Gasteiger partial charge in [-0.25, -0.2) is 0 Å². The molecule has 0 aliphatic heterocycles. The average molecular weight is 94.2 g/mol. The maximum Gasteiger partial charge on any atom is 0.101 e. The highest BCUT2D eigenvalue weighted by atomic mass is 32.2. The van der Waals surface area contributed by atoms with Crippen LogP contribution < -0.4 is 0 Å². The summed E-state index contributed by atoms with van der Waals surface area (Å²) in [6.45, 7) is 0. The van der Waals surface area contributed by atoms with Crippen molar-refractivity contribution in [2.45, 2.75) is 0 Å². The van der Waals surface area contributed by atoms with Crippen LogP contribution >= 0.6 is 0 Å². The Bertz CT molecular complexity index is 56.9. The standard InChI is InChI=1S/C3H9OS.H/c1-5(2,3)4;/h1-3H3;/q+1;-1. The van der Waals surface area contributed by atoms with Crippen LogP contribution in [-0.4, -0.2) is 18.8 Å². The van der Waals surface area contributed by atoms with Crippen molar-refractivity contribution < 1.29 is 5.64 Å². The molecule has 0 heterocycles. The normalized spacial score (nSPS) is 11.8.